The minimum atomic E-state index is 0. The lowest BCUT2D eigenvalue weighted by atomic mass is 10.1. The van der Waals surface area contributed by atoms with Crippen LogP contribution in [0.15, 0.2) is 24.3 Å². The number of nitrogens with zero attached hydrogens (tertiary/aromatic N) is 1. The maximum Gasteiger partial charge on any atom is 0.132 e. The standard InChI is InChI=1S/C18H32N.H2O/c1-5-8-9-16-19(14-6-2,15-7-3)18-12-10-17(4)11-13-18;/h10-13H,5-9,14-16H2,1-4H3;1H2/q+1;/p-1. The molecule has 0 saturated heterocycles. The van der Waals surface area contributed by atoms with Crippen LogP contribution in [0.2, 0.25) is 0 Å². The van der Waals surface area contributed by atoms with Gasteiger partial charge in [-0.2, -0.15) is 0 Å². The molecule has 0 radical (unpaired) electrons. The van der Waals surface area contributed by atoms with E-state index in [4.69, 9.17) is 0 Å². The molecule has 0 fully saturated rings. The first-order valence-electron chi connectivity index (χ1n) is 8.11. The minimum Gasteiger partial charge on any atom is -0.870 e. The molecule has 1 aromatic rings. The van der Waals surface area contributed by atoms with E-state index >= 15 is 0 Å². The lowest BCUT2D eigenvalue weighted by Crippen LogP contribution is -2.51. The van der Waals surface area contributed by atoms with E-state index in [9.17, 15) is 0 Å². The highest BCUT2D eigenvalue weighted by Gasteiger charge is 2.27. The van der Waals surface area contributed by atoms with Crippen molar-refractivity contribution < 1.29 is 5.48 Å². The lowest BCUT2D eigenvalue weighted by Gasteiger charge is -2.38. The zero-order valence-electron chi connectivity index (χ0n) is 13.9. The average Bonchev–Trinajstić information content (AvgIpc) is 2.40. The van der Waals surface area contributed by atoms with Gasteiger partial charge in [0.2, 0.25) is 0 Å². The van der Waals surface area contributed by atoms with Gasteiger partial charge in [-0.1, -0.05) is 44.9 Å². The number of hydrogen-bond acceptors (Lipinski definition) is 1. The normalized spacial score (nSPS) is 11.2. The molecule has 0 aliphatic carbocycles. The Morgan fingerprint density at radius 3 is 1.75 bits per heavy atom. The first-order valence-corrected chi connectivity index (χ1v) is 8.11. The van der Waals surface area contributed by atoms with Crippen LogP contribution in [0.25, 0.3) is 0 Å². The lowest BCUT2D eigenvalue weighted by molar-refractivity contribution is 0.266. The quantitative estimate of drug-likeness (QED) is 0.455. The third-order valence-corrected chi connectivity index (χ3v) is 4.07. The highest BCUT2D eigenvalue weighted by molar-refractivity contribution is 5.44. The average molecular weight is 279 g/mol. The van der Waals surface area contributed by atoms with E-state index in [-0.39, 0.29) is 5.48 Å². The van der Waals surface area contributed by atoms with Crippen molar-refractivity contribution in [3.63, 3.8) is 0 Å². The smallest absolute Gasteiger partial charge is 0.132 e. The molecule has 20 heavy (non-hydrogen) atoms. The van der Waals surface area contributed by atoms with Gasteiger partial charge in [-0.3, -0.25) is 4.48 Å². The molecule has 116 valence electrons. The maximum atomic E-state index is 2.35. The molecule has 0 saturated carbocycles. The molecule has 1 N–H and O–H groups in total. The Morgan fingerprint density at radius 1 is 0.750 bits per heavy atom. The number of unbranched alkanes of at least 4 members (excludes halogenated alkanes) is 2. The van der Waals surface area contributed by atoms with Gasteiger partial charge in [0.25, 0.3) is 0 Å². The fourth-order valence-corrected chi connectivity index (χ4v) is 3.10. The molecule has 0 bridgehead atoms. The van der Waals surface area contributed by atoms with Crippen LogP contribution < -0.4 is 4.48 Å². The molecule has 0 spiro atoms. The van der Waals surface area contributed by atoms with E-state index in [1.165, 1.54) is 67.5 Å². The van der Waals surface area contributed by atoms with Crippen molar-refractivity contribution in [3.05, 3.63) is 29.8 Å². The van der Waals surface area contributed by atoms with E-state index < -0.39 is 0 Å². The van der Waals surface area contributed by atoms with E-state index in [2.05, 4.69) is 52.0 Å². The van der Waals surface area contributed by atoms with Crippen molar-refractivity contribution >= 4 is 5.69 Å². The van der Waals surface area contributed by atoms with Crippen LogP contribution in [0.3, 0.4) is 0 Å². The third-order valence-electron chi connectivity index (χ3n) is 4.07. The molecule has 0 aromatic heterocycles. The summed E-state index contributed by atoms with van der Waals surface area (Å²) in [6.07, 6.45) is 6.55. The Balaban J connectivity index is 0.00000361. The molecule has 0 aliphatic rings. The van der Waals surface area contributed by atoms with E-state index in [0.717, 1.165) is 0 Å². The van der Waals surface area contributed by atoms with Crippen molar-refractivity contribution in [3.8, 4) is 0 Å². The predicted octanol–water partition coefficient (Wildman–Crippen LogP) is 5.14. The highest BCUT2D eigenvalue weighted by Crippen LogP contribution is 2.26. The predicted molar refractivity (Wildman–Crippen MR) is 89.6 cm³/mol. The monoisotopic (exact) mass is 279 g/mol. The molecule has 0 amide bonds. The van der Waals surface area contributed by atoms with Crippen LogP contribution in [0, 0.1) is 6.92 Å². The van der Waals surface area contributed by atoms with Gasteiger partial charge >= 0.3 is 0 Å². The van der Waals surface area contributed by atoms with Gasteiger partial charge in [-0.15, -0.1) is 0 Å². The van der Waals surface area contributed by atoms with Crippen LogP contribution in [0.5, 0.6) is 0 Å². The van der Waals surface area contributed by atoms with E-state index in [1.807, 2.05) is 0 Å². The van der Waals surface area contributed by atoms with Gasteiger partial charge in [0.1, 0.15) is 5.69 Å². The van der Waals surface area contributed by atoms with Crippen molar-refractivity contribution in [1.29, 1.82) is 0 Å². The molecular weight excluding hydrogens is 246 g/mol. The molecule has 0 atom stereocenters. The number of rotatable bonds is 9. The highest BCUT2D eigenvalue weighted by atomic mass is 16.0. The van der Waals surface area contributed by atoms with Crippen LogP contribution in [0.4, 0.5) is 5.69 Å². The number of benzene rings is 1. The molecule has 1 rings (SSSR count). The number of hydrogen-bond donors (Lipinski definition) is 0. The summed E-state index contributed by atoms with van der Waals surface area (Å²) in [5.74, 6) is 0. The summed E-state index contributed by atoms with van der Waals surface area (Å²) in [5.41, 5.74) is 2.88. The van der Waals surface area contributed by atoms with Crippen LogP contribution in [-0.2, 0) is 0 Å². The van der Waals surface area contributed by atoms with Crippen LogP contribution in [0.1, 0.15) is 58.4 Å². The number of aryl methyl sites for hydroxylation is 1. The first kappa shape index (κ1) is 19.1. The second kappa shape index (κ2) is 9.95. The van der Waals surface area contributed by atoms with Gasteiger partial charge in [0.05, 0.1) is 19.6 Å². The molecule has 2 nitrogen and oxygen atoms in total. The Hall–Kier alpha value is -0.860. The van der Waals surface area contributed by atoms with Crippen LogP contribution >= 0.6 is 0 Å². The largest absolute Gasteiger partial charge is 0.870 e. The van der Waals surface area contributed by atoms with E-state index in [0.29, 0.717) is 0 Å². The third kappa shape index (κ3) is 5.26. The van der Waals surface area contributed by atoms with Gasteiger partial charge < -0.3 is 5.48 Å². The summed E-state index contributed by atoms with van der Waals surface area (Å²) in [5, 5.41) is 0. The summed E-state index contributed by atoms with van der Waals surface area (Å²) in [4.78, 5) is 0. The Kier molecular flexibility index (Phi) is 9.52. The molecule has 0 aliphatic heterocycles. The minimum absolute atomic E-state index is 0. The zero-order valence-corrected chi connectivity index (χ0v) is 13.9. The Morgan fingerprint density at radius 2 is 1.30 bits per heavy atom. The van der Waals surface area contributed by atoms with Gasteiger partial charge in [0.15, 0.2) is 0 Å². The van der Waals surface area contributed by atoms with Gasteiger partial charge in [-0.05, 0) is 44.7 Å². The second-order valence-electron chi connectivity index (χ2n) is 5.86. The van der Waals surface area contributed by atoms with Crippen LogP contribution in [-0.4, -0.2) is 25.1 Å². The molecular formula is C18H33NO. The fraction of sp³-hybridized carbons (Fsp3) is 0.667. The van der Waals surface area contributed by atoms with Gasteiger partial charge in [0, 0.05) is 0 Å². The summed E-state index contributed by atoms with van der Waals surface area (Å²) in [6.45, 7) is 13.0. The summed E-state index contributed by atoms with van der Waals surface area (Å²) < 4.78 is 1.19. The van der Waals surface area contributed by atoms with Crippen molar-refractivity contribution in [2.45, 2.75) is 59.8 Å². The second-order valence-corrected chi connectivity index (χ2v) is 5.86. The molecule has 0 heterocycles. The fourth-order valence-electron chi connectivity index (χ4n) is 3.10. The van der Waals surface area contributed by atoms with Gasteiger partial charge in [-0.25, -0.2) is 0 Å². The van der Waals surface area contributed by atoms with Crippen molar-refractivity contribution in [2.75, 3.05) is 19.6 Å². The Bertz CT molecular complexity index is 339. The first-order chi connectivity index (χ1) is 9.18. The topological polar surface area (TPSA) is 30.0 Å². The molecule has 0 unspecified atom stereocenters. The summed E-state index contributed by atoms with van der Waals surface area (Å²) >= 11 is 0. The number of quaternary nitrogens is 1. The summed E-state index contributed by atoms with van der Waals surface area (Å²) in [7, 11) is 0. The maximum absolute atomic E-state index is 2.35. The zero-order chi connectivity index (χ0) is 14.1. The van der Waals surface area contributed by atoms with E-state index in [1.54, 1.807) is 0 Å². The SMILES string of the molecule is CCCCC[N+](CCC)(CCC)c1ccc(C)cc1.[OH-]. The molecule has 1 aromatic carbocycles. The van der Waals surface area contributed by atoms with Crippen molar-refractivity contribution in [2.24, 2.45) is 0 Å². The summed E-state index contributed by atoms with van der Waals surface area (Å²) in [6, 6.07) is 9.25. The Labute approximate surface area is 125 Å². The van der Waals surface area contributed by atoms with Crippen molar-refractivity contribution in [1.82, 2.24) is 4.48 Å². The molecule has 2 heteroatoms.